The number of halogens is 3. The Morgan fingerprint density at radius 3 is 2.54 bits per heavy atom. The Bertz CT molecular complexity index is 343. The first kappa shape index (κ1) is 11.0. The standard InChI is InChI=1S/C7H6Cl2INO2/c1-5-2-3-6(11(12)13)4-7(5)10(8)9/h2-4H,1H3. The van der Waals surface area contributed by atoms with Gasteiger partial charge in [-0.15, -0.1) is 0 Å². The van der Waals surface area contributed by atoms with E-state index < -0.39 is 22.5 Å². The number of non-ortho nitro benzene ring substituents is 1. The molecule has 6 heteroatoms. The van der Waals surface area contributed by atoms with E-state index in [1.54, 1.807) is 6.07 Å². The Labute approximate surface area is 90.0 Å². The first-order valence-corrected chi connectivity index (χ1v) is 9.84. The summed E-state index contributed by atoms with van der Waals surface area (Å²) in [6.45, 7) is 1.84. The number of nitro benzene ring substituents is 1. The molecule has 0 aliphatic carbocycles. The monoisotopic (exact) mass is 333 g/mol. The van der Waals surface area contributed by atoms with Crippen LogP contribution in [-0.2, 0) is 0 Å². The van der Waals surface area contributed by atoms with Crippen LogP contribution in [0.1, 0.15) is 5.56 Å². The van der Waals surface area contributed by atoms with E-state index in [1.165, 1.54) is 12.1 Å². The van der Waals surface area contributed by atoms with Crippen molar-refractivity contribution in [2.45, 2.75) is 6.92 Å². The number of benzene rings is 1. The fraction of sp³-hybridized carbons (Fsp3) is 0.143. The van der Waals surface area contributed by atoms with Gasteiger partial charge in [-0.2, -0.15) is 0 Å². The van der Waals surface area contributed by atoms with Crippen LogP contribution in [0.25, 0.3) is 0 Å². The molecule has 1 aromatic carbocycles. The number of hydrogen-bond acceptors (Lipinski definition) is 2. The molecule has 0 N–H and O–H groups in total. The van der Waals surface area contributed by atoms with Crippen molar-refractivity contribution in [3.8, 4) is 0 Å². The molecule has 0 amide bonds. The second-order valence-electron chi connectivity index (χ2n) is 2.39. The molecule has 72 valence electrons. The molecule has 1 rings (SSSR count). The average molecular weight is 334 g/mol. The molecule has 0 spiro atoms. The van der Waals surface area contributed by atoms with Crippen LogP contribution in [0.15, 0.2) is 18.2 Å². The van der Waals surface area contributed by atoms with Crippen LogP contribution in [0.5, 0.6) is 0 Å². The Morgan fingerprint density at radius 1 is 1.46 bits per heavy atom. The zero-order valence-corrected chi connectivity index (χ0v) is 10.3. The normalized spacial score (nSPS) is 11.2. The van der Waals surface area contributed by atoms with E-state index in [2.05, 4.69) is 0 Å². The van der Waals surface area contributed by atoms with Crippen molar-refractivity contribution in [2.24, 2.45) is 0 Å². The fourth-order valence-corrected chi connectivity index (χ4v) is 4.29. The summed E-state index contributed by atoms with van der Waals surface area (Å²) in [4.78, 5) is 9.98. The Hall–Kier alpha value is -0.0700. The van der Waals surface area contributed by atoms with E-state index in [-0.39, 0.29) is 5.69 Å². The molecular weight excluding hydrogens is 328 g/mol. The van der Waals surface area contributed by atoms with Crippen LogP contribution < -0.4 is 0 Å². The third kappa shape index (κ3) is 2.69. The summed E-state index contributed by atoms with van der Waals surface area (Å²) in [5.41, 5.74) is 0.963. The van der Waals surface area contributed by atoms with Gasteiger partial charge < -0.3 is 0 Å². The minimum atomic E-state index is -2.16. The van der Waals surface area contributed by atoms with Crippen LogP contribution >= 0.6 is 35.4 Å². The topological polar surface area (TPSA) is 43.1 Å². The van der Waals surface area contributed by atoms with Crippen LogP contribution in [0.4, 0.5) is 5.69 Å². The summed E-state index contributed by atoms with van der Waals surface area (Å²) >= 11 is -2.16. The van der Waals surface area contributed by atoms with Gasteiger partial charge in [-0.25, -0.2) is 0 Å². The van der Waals surface area contributed by atoms with Crippen molar-refractivity contribution in [2.75, 3.05) is 0 Å². The summed E-state index contributed by atoms with van der Waals surface area (Å²) in [5, 5.41) is 10.4. The van der Waals surface area contributed by atoms with Crippen molar-refractivity contribution in [3.05, 3.63) is 37.4 Å². The summed E-state index contributed by atoms with van der Waals surface area (Å²) < 4.78 is 0.738. The number of rotatable bonds is 2. The second kappa shape index (κ2) is 4.43. The Morgan fingerprint density at radius 2 is 2.08 bits per heavy atom. The molecule has 0 saturated carbocycles. The van der Waals surface area contributed by atoms with Gasteiger partial charge in [0.1, 0.15) is 0 Å². The molecule has 0 radical (unpaired) electrons. The number of nitro groups is 1. The molecule has 0 unspecified atom stereocenters. The van der Waals surface area contributed by atoms with Gasteiger partial charge in [0.15, 0.2) is 0 Å². The molecular formula is C7H6Cl2INO2. The van der Waals surface area contributed by atoms with E-state index in [4.69, 9.17) is 17.8 Å². The van der Waals surface area contributed by atoms with E-state index in [0.717, 1.165) is 9.13 Å². The number of nitrogens with zero attached hydrogens (tertiary/aromatic N) is 1. The van der Waals surface area contributed by atoms with Gasteiger partial charge in [0.25, 0.3) is 0 Å². The summed E-state index contributed by atoms with van der Waals surface area (Å²) in [6.07, 6.45) is 0. The first-order chi connectivity index (χ1) is 6.02. The van der Waals surface area contributed by atoms with Gasteiger partial charge >= 0.3 is 90.4 Å². The van der Waals surface area contributed by atoms with Crippen molar-refractivity contribution in [3.63, 3.8) is 0 Å². The fourth-order valence-electron chi connectivity index (χ4n) is 0.849. The van der Waals surface area contributed by atoms with E-state index >= 15 is 0 Å². The van der Waals surface area contributed by atoms with Gasteiger partial charge in [0.2, 0.25) is 0 Å². The van der Waals surface area contributed by atoms with Gasteiger partial charge in [0.05, 0.1) is 0 Å². The SMILES string of the molecule is Cc1ccc([N+](=O)[O-])cc1I(Cl)Cl. The summed E-state index contributed by atoms with van der Waals surface area (Å²) in [7, 11) is 11.6. The van der Waals surface area contributed by atoms with Crippen molar-refractivity contribution < 1.29 is 4.92 Å². The van der Waals surface area contributed by atoms with E-state index in [9.17, 15) is 10.1 Å². The summed E-state index contributed by atoms with van der Waals surface area (Å²) in [5.74, 6) is 0. The predicted molar refractivity (Wildman–Crippen MR) is 62.3 cm³/mol. The van der Waals surface area contributed by atoms with Crippen molar-refractivity contribution in [1.29, 1.82) is 0 Å². The molecule has 0 heterocycles. The van der Waals surface area contributed by atoms with Gasteiger partial charge in [-0.05, 0) is 0 Å². The van der Waals surface area contributed by atoms with Crippen LogP contribution in [0.3, 0.4) is 0 Å². The number of hydrogen-bond donors (Lipinski definition) is 0. The molecule has 0 aromatic heterocycles. The summed E-state index contributed by atoms with van der Waals surface area (Å²) in [6, 6.07) is 4.58. The Kier molecular flexibility index (Phi) is 3.75. The van der Waals surface area contributed by atoms with E-state index in [0.29, 0.717) is 0 Å². The van der Waals surface area contributed by atoms with Gasteiger partial charge in [0, 0.05) is 0 Å². The molecule has 1 aromatic rings. The maximum atomic E-state index is 10.4. The molecule has 3 nitrogen and oxygen atoms in total. The zero-order chi connectivity index (χ0) is 10.0. The molecule has 0 fully saturated rings. The van der Waals surface area contributed by atoms with Crippen molar-refractivity contribution in [1.82, 2.24) is 0 Å². The molecule has 0 aliphatic heterocycles. The predicted octanol–water partition coefficient (Wildman–Crippen LogP) is 3.89. The Balaban J connectivity index is 3.19. The van der Waals surface area contributed by atoms with Gasteiger partial charge in [-0.3, -0.25) is 0 Å². The van der Waals surface area contributed by atoms with Gasteiger partial charge in [-0.1, -0.05) is 0 Å². The van der Waals surface area contributed by atoms with Crippen LogP contribution in [0, 0.1) is 20.6 Å². The molecule has 0 aliphatic rings. The second-order valence-corrected chi connectivity index (χ2v) is 9.49. The maximum absolute atomic E-state index is 10.4. The first-order valence-electron chi connectivity index (χ1n) is 3.30. The van der Waals surface area contributed by atoms with E-state index in [1.807, 2.05) is 6.92 Å². The molecule has 0 saturated heterocycles. The zero-order valence-electron chi connectivity index (χ0n) is 6.63. The molecule has 13 heavy (non-hydrogen) atoms. The third-order valence-electron chi connectivity index (χ3n) is 1.52. The van der Waals surface area contributed by atoms with Crippen LogP contribution in [0.2, 0.25) is 0 Å². The van der Waals surface area contributed by atoms with Crippen molar-refractivity contribution >= 4 is 41.1 Å². The third-order valence-corrected chi connectivity index (χ3v) is 5.63. The molecule has 0 atom stereocenters. The number of aryl methyl sites for hydroxylation is 1. The molecule has 0 bridgehead atoms. The minimum absolute atomic E-state index is 0.0456. The average Bonchev–Trinajstić information content (AvgIpc) is 2.04. The van der Waals surface area contributed by atoms with Crippen LogP contribution in [-0.4, -0.2) is 4.92 Å². The quantitative estimate of drug-likeness (QED) is 0.468.